The molecule has 4 heterocycles. The highest BCUT2D eigenvalue weighted by Crippen LogP contribution is 2.38. The van der Waals surface area contributed by atoms with Gasteiger partial charge in [-0.3, -0.25) is 4.79 Å². The van der Waals surface area contributed by atoms with Crippen molar-refractivity contribution in [2.75, 3.05) is 18.4 Å². The molecule has 0 unspecified atom stereocenters. The molecule has 5 rings (SSSR count). The second-order valence-electron chi connectivity index (χ2n) is 9.48. The first-order valence-electron chi connectivity index (χ1n) is 11.7. The van der Waals surface area contributed by atoms with Crippen LogP contribution in [0.5, 0.6) is 0 Å². The number of halogens is 3. The van der Waals surface area contributed by atoms with Gasteiger partial charge in [-0.05, 0) is 44.6 Å². The molecule has 36 heavy (non-hydrogen) atoms. The minimum atomic E-state index is -4.56. The van der Waals surface area contributed by atoms with Crippen LogP contribution in [0.2, 0.25) is 0 Å². The molecule has 2 aliphatic rings. The Kier molecular flexibility index (Phi) is 5.83. The van der Waals surface area contributed by atoms with E-state index in [0.29, 0.717) is 31.5 Å². The molecule has 1 aliphatic heterocycles. The summed E-state index contributed by atoms with van der Waals surface area (Å²) in [5.74, 6) is 0.275. The largest absolute Gasteiger partial charge is 0.417 e. The molecule has 0 bridgehead atoms. The van der Waals surface area contributed by atoms with Crippen LogP contribution >= 0.6 is 0 Å². The van der Waals surface area contributed by atoms with Gasteiger partial charge in [0, 0.05) is 42.5 Å². The van der Waals surface area contributed by atoms with Gasteiger partial charge in [-0.1, -0.05) is 0 Å². The number of aromatic nitrogens is 4. The van der Waals surface area contributed by atoms with Crippen LogP contribution in [0.25, 0.3) is 22.3 Å². The fourth-order valence-corrected chi connectivity index (χ4v) is 4.64. The van der Waals surface area contributed by atoms with Crippen LogP contribution in [0.3, 0.4) is 0 Å². The predicted octanol–water partition coefficient (Wildman–Crippen LogP) is 3.47. The van der Waals surface area contributed by atoms with E-state index in [9.17, 15) is 28.3 Å². The number of pyridine rings is 1. The summed E-state index contributed by atoms with van der Waals surface area (Å²) in [6.07, 6.45) is 1.55. The van der Waals surface area contributed by atoms with Crippen molar-refractivity contribution in [3.8, 4) is 17.3 Å². The topological polar surface area (TPSA) is 131 Å². The molecular formula is C24H24F3N7O2. The monoisotopic (exact) mass is 499 g/mol. The van der Waals surface area contributed by atoms with Gasteiger partial charge in [0.2, 0.25) is 5.95 Å². The third-order valence-corrected chi connectivity index (χ3v) is 7.04. The van der Waals surface area contributed by atoms with Crippen molar-refractivity contribution in [2.24, 2.45) is 5.92 Å². The highest BCUT2D eigenvalue weighted by Gasteiger charge is 2.50. The Morgan fingerprint density at radius 2 is 2.03 bits per heavy atom. The van der Waals surface area contributed by atoms with Gasteiger partial charge in [0.25, 0.3) is 5.91 Å². The van der Waals surface area contributed by atoms with Crippen molar-refractivity contribution in [1.82, 2.24) is 24.8 Å². The molecule has 2 fully saturated rings. The fraction of sp³-hybridized carbons (Fsp3) is 0.458. The number of carbonyl (C=O) groups is 1. The number of nitriles is 1. The number of hydrogen-bond donors (Lipinski definition) is 3. The van der Waals surface area contributed by atoms with Crippen LogP contribution < -0.4 is 5.32 Å². The van der Waals surface area contributed by atoms with Gasteiger partial charge >= 0.3 is 6.18 Å². The smallest absolute Gasteiger partial charge is 0.380 e. The van der Waals surface area contributed by atoms with Crippen LogP contribution in [-0.2, 0) is 11.0 Å². The lowest BCUT2D eigenvalue weighted by Crippen LogP contribution is -2.47. The first-order valence-corrected chi connectivity index (χ1v) is 11.7. The highest BCUT2D eigenvalue weighted by molar-refractivity contribution is 5.94. The molecule has 0 radical (unpaired) electrons. The van der Waals surface area contributed by atoms with E-state index >= 15 is 0 Å². The maximum atomic E-state index is 13.2. The molecule has 12 heteroatoms. The SMILES string of the molecule is C[C@@H](Nc1ncc(C#N)c(-c2c[nH]c3ncc(C(F)(F)F)cc23)n1)C1CCN(C(=O)C2(O)CC2)CC1. The minimum absolute atomic E-state index is 0.0616. The molecule has 1 aliphatic carbocycles. The molecule has 1 amide bonds. The van der Waals surface area contributed by atoms with Gasteiger partial charge in [-0.15, -0.1) is 0 Å². The molecule has 3 aromatic heterocycles. The van der Waals surface area contributed by atoms with E-state index in [1.807, 2.05) is 13.0 Å². The number of nitrogens with zero attached hydrogens (tertiary/aromatic N) is 5. The first kappa shape index (κ1) is 24.0. The molecule has 188 valence electrons. The number of rotatable bonds is 5. The molecule has 3 aromatic rings. The van der Waals surface area contributed by atoms with Crippen LogP contribution in [0, 0.1) is 17.2 Å². The maximum absolute atomic E-state index is 13.2. The van der Waals surface area contributed by atoms with E-state index < -0.39 is 17.3 Å². The van der Waals surface area contributed by atoms with Crippen molar-refractivity contribution in [1.29, 1.82) is 5.26 Å². The van der Waals surface area contributed by atoms with Crippen molar-refractivity contribution in [3.05, 3.63) is 35.8 Å². The summed E-state index contributed by atoms with van der Waals surface area (Å²) in [5.41, 5.74) is -1.16. The summed E-state index contributed by atoms with van der Waals surface area (Å²) in [6.45, 7) is 3.09. The highest BCUT2D eigenvalue weighted by atomic mass is 19.4. The Hall–Kier alpha value is -3.72. The average Bonchev–Trinajstić information content (AvgIpc) is 3.48. The van der Waals surface area contributed by atoms with Gasteiger partial charge < -0.3 is 20.3 Å². The zero-order valence-electron chi connectivity index (χ0n) is 19.4. The fourth-order valence-electron chi connectivity index (χ4n) is 4.64. The number of carbonyl (C=O) groups excluding carboxylic acids is 1. The normalized spacial score (nSPS) is 18.6. The zero-order valence-corrected chi connectivity index (χ0v) is 19.4. The number of likely N-dealkylation sites (tertiary alicyclic amines) is 1. The number of fused-ring (bicyclic) bond motifs is 1. The second-order valence-corrected chi connectivity index (χ2v) is 9.48. The lowest BCUT2D eigenvalue weighted by atomic mass is 9.90. The molecule has 1 saturated carbocycles. The molecule has 0 aromatic carbocycles. The zero-order chi connectivity index (χ0) is 25.7. The number of anilines is 1. The number of aromatic amines is 1. The number of H-pyrrole nitrogens is 1. The number of hydrogen-bond acceptors (Lipinski definition) is 7. The van der Waals surface area contributed by atoms with Gasteiger partial charge in [0.1, 0.15) is 17.3 Å². The summed E-state index contributed by atoms with van der Waals surface area (Å²) in [6, 6.07) is 2.93. The summed E-state index contributed by atoms with van der Waals surface area (Å²) in [5, 5.41) is 23.1. The van der Waals surface area contributed by atoms with Gasteiger partial charge in [-0.2, -0.15) is 18.4 Å². The number of piperidine rings is 1. The van der Waals surface area contributed by atoms with Crippen LogP contribution in [-0.4, -0.2) is 60.6 Å². The van der Waals surface area contributed by atoms with E-state index in [1.165, 1.54) is 12.4 Å². The van der Waals surface area contributed by atoms with E-state index in [2.05, 4.69) is 25.3 Å². The van der Waals surface area contributed by atoms with Gasteiger partial charge in [0.15, 0.2) is 0 Å². The van der Waals surface area contributed by atoms with Crippen LogP contribution in [0.15, 0.2) is 24.7 Å². The quantitative estimate of drug-likeness (QED) is 0.490. The Morgan fingerprint density at radius 3 is 2.67 bits per heavy atom. The molecule has 3 N–H and O–H groups in total. The number of amides is 1. The Morgan fingerprint density at radius 1 is 1.31 bits per heavy atom. The average molecular weight is 499 g/mol. The van der Waals surface area contributed by atoms with Crippen LogP contribution in [0.4, 0.5) is 19.1 Å². The maximum Gasteiger partial charge on any atom is 0.417 e. The van der Waals surface area contributed by atoms with Crippen molar-refractivity contribution < 1.29 is 23.1 Å². The summed E-state index contributed by atoms with van der Waals surface area (Å²) in [7, 11) is 0. The molecule has 1 saturated heterocycles. The number of nitrogens with one attached hydrogen (secondary N) is 2. The Bertz CT molecular complexity index is 1350. The molecule has 9 nitrogen and oxygen atoms in total. The second kappa shape index (κ2) is 8.74. The lowest BCUT2D eigenvalue weighted by molar-refractivity contribution is -0.144. The standard InChI is InChI=1S/C24H24F3N7O2/c1-13(14-2-6-34(7-3-14)21(35)23(36)4-5-23)32-22-31-10-15(9-28)19(33-22)18-12-30-20-17(18)8-16(11-29-20)24(25,26)27/h8,10-14,36H,2-7H2,1H3,(H,29,30)(H,31,32,33)/t13-/m1/s1. The minimum Gasteiger partial charge on any atom is -0.380 e. The summed E-state index contributed by atoms with van der Waals surface area (Å²) < 4.78 is 39.7. The van der Waals surface area contributed by atoms with E-state index in [0.717, 1.165) is 25.1 Å². The van der Waals surface area contributed by atoms with Crippen molar-refractivity contribution in [2.45, 2.75) is 50.4 Å². The van der Waals surface area contributed by atoms with E-state index in [-0.39, 0.29) is 46.1 Å². The van der Waals surface area contributed by atoms with Crippen LogP contribution in [0.1, 0.15) is 43.7 Å². The van der Waals surface area contributed by atoms with Gasteiger partial charge in [0.05, 0.1) is 23.0 Å². The first-order chi connectivity index (χ1) is 17.1. The molecule has 1 atom stereocenters. The number of alkyl halides is 3. The molecule has 0 spiro atoms. The third-order valence-electron chi connectivity index (χ3n) is 7.04. The Labute approximate surface area is 204 Å². The van der Waals surface area contributed by atoms with Crippen molar-refractivity contribution >= 4 is 22.9 Å². The van der Waals surface area contributed by atoms with E-state index in [4.69, 9.17) is 0 Å². The predicted molar refractivity (Wildman–Crippen MR) is 123 cm³/mol. The van der Waals surface area contributed by atoms with Gasteiger partial charge in [-0.25, -0.2) is 15.0 Å². The summed E-state index contributed by atoms with van der Waals surface area (Å²) >= 11 is 0. The Balaban J connectivity index is 1.35. The number of aliphatic hydroxyl groups is 1. The third kappa shape index (κ3) is 4.46. The lowest BCUT2D eigenvalue weighted by Gasteiger charge is -2.36. The van der Waals surface area contributed by atoms with Crippen molar-refractivity contribution in [3.63, 3.8) is 0 Å². The van der Waals surface area contributed by atoms with E-state index in [1.54, 1.807) is 4.90 Å². The summed E-state index contributed by atoms with van der Waals surface area (Å²) in [4.78, 5) is 29.5. The molecular weight excluding hydrogens is 475 g/mol.